The van der Waals surface area contributed by atoms with E-state index in [2.05, 4.69) is 14.3 Å². The number of nitrogens with zero attached hydrogens (tertiary/aromatic N) is 1. The molecule has 0 aromatic carbocycles. The third-order valence-corrected chi connectivity index (χ3v) is 1.52. The third kappa shape index (κ3) is 5.76. The molecule has 0 aliphatic carbocycles. The Hall–Kier alpha value is -1.89. The second kappa shape index (κ2) is 7.41. The summed E-state index contributed by atoms with van der Waals surface area (Å²) in [5.41, 5.74) is 0. The molecular weight excluding hydrogens is 218 g/mol. The lowest BCUT2D eigenvalue weighted by molar-refractivity contribution is -0.175. The fourth-order valence-corrected chi connectivity index (χ4v) is 0.578. The van der Waals surface area contributed by atoms with E-state index in [0.29, 0.717) is 0 Å². The molecule has 1 amide bonds. The highest BCUT2D eigenvalue weighted by Gasteiger charge is 2.10. The molecule has 0 aliphatic heterocycles. The first-order chi connectivity index (χ1) is 7.51. The van der Waals surface area contributed by atoms with Crippen LogP contribution in [-0.4, -0.2) is 50.8 Å². The van der Waals surface area contributed by atoms with Gasteiger partial charge in [-0.15, -0.1) is 0 Å². The smallest absolute Gasteiger partial charge is 0.331 e. The van der Waals surface area contributed by atoms with Gasteiger partial charge in [0.1, 0.15) is 0 Å². The highest BCUT2D eigenvalue weighted by Crippen LogP contribution is 1.89. The van der Waals surface area contributed by atoms with E-state index in [4.69, 9.17) is 0 Å². The number of hydroxylamine groups is 2. The number of ether oxygens (including phenoxy) is 2. The lowest BCUT2D eigenvalue weighted by Gasteiger charge is -2.12. The molecule has 0 bridgehead atoms. The number of hydrogen-bond acceptors (Lipinski definition) is 6. The lowest BCUT2D eigenvalue weighted by atomic mass is 10.5. The predicted molar refractivity (Wildman–Crippen MR) is 51.9 cm³/mol. The number of hydrogen-bond donors (Lipinski definition) is 0. The summed E-state index contributed by atoms with van der Waals surface area (Å²) < 4.78 is 8.77. The maximum atomic E-state index is 11.1. The van der Waals surface area contributed by atoms with Crippen molar-refractivity contribution in [1.82, 2.24) is 5.06 Å². The van der Waals surface area contributed by atoms with Crippen molar-refractivity contribution in [3.8, 4) is 0 Å². The molecule has 7 nitrogen and oxygen atoms in total. The molecular formula is C9H13NO6. The van der Waals surface area contributed by atoms with Crippen LogP contribution >= 0.6 is 0 Å². The summed E-state index contributed by atoms with van der Waals surface area (Å²) in [5, 5.41) is 0.914. The molecule has 0 aromatic heterocycles. The molecule has 0 aliphatic rings. The zero-order valence-corrected chi connectivity index (χ0v) is 9.26. The number of likely N-dealkylation sites (N-methyl/N-ethyl adjacent to an activating group) is 1. The van der Waals surface area contributed by atoms with Gasteiger partial charge in [0.15, 0.2) is 6.61 Å². The molecule has 0 aromatic rings. The Morgan fingerprint density at radius 3 is 2.19 bits per heavy atom. The molecule has 0 fully saturated rings. The Morgan fingerprint density at radius 1 is 1.12 bits per heavy atom. The topological polar surface area (TPSA) is 82.1 Å². The SMILES string of the molecule is COC(=O)/C=C/C(=O)OCC(=O)N(C)OC. The van der Waals surface area contributed by atoms with Crippen molar-refractivity contribution in [1.29, 1.82) is 0 Å². The molecule has 0 saturated carbocycles. The van der Waals surface area contributed by atoms with E-state index < -0.39 is 24.5 Å². The van der Waals surface area contributed by atoms with Crippen LogP contribution in [0.15, 0.2) is 12.2 Å². The van der Waals surface area contributed by atoms with Crippen molar-refractivity contribution in [2.45, 2.75) is 0 Å². The normalized spacial score (nSPS) is 9.94. The minimum Gasteiger partial charge on any atom is -0.466 e. The second-order valence-corrected chi connectivity index (χ2v) is 2.54. The zero-order valence-electron chi connectivity index (χ0n) is 9.26. The van der Waals surface area contributed by atoms with Crippen molar-refractivity contribution in [3.05, 3.63) is 12.2 Å². The van der Waals surface area contributed by atoms with Crippen LogP contribution in [0.4, 0.5) is 0 Å². The maximum Gasteiger partial charge on any atom is 0.331 e. The lowest BCUT2D eigenvalue weighted by Crippen LogP contribution is -2.30. The molecule has 16 heavy (non-hydrogen) atoms. The minimum absolute atomic E-state index is 0.464. The van der Waals surface area contributed by atoms with Crippen LogP contribution in [-0.2, 0) is 28.7 Å². The van der Waals surface area contributed by atoms with E-state index in [-0.39, 0.29) is 0 Å². The predicted octanol–water partition coefficient (Wildman–Crippen LogP) is -0.721. The highest BCUT2D eigenvalue weighted by atomic mass is 16.7. The summed E-state index contributed by atoms with van der Waals surface area (Å²) >= 11 is 0. The van der Waals surface area contributed by atoms with Gasteiger partial charge in [-0.3, -0.25) is 9.63 Å². The molecule has 0 atom stereocenters. The summed E-state index contributed by atoms with van der Waals surface area (Å²) in [4.78, 5) is 37.2. The largest absolute Gasteiger partial charge is 0.466 e. The van der Waals surface area contributed by atoms with E-state index in [1.54, 1.807) is 0 Å². The second-order valence-electron chi connectivity index (χ2n) is 2.54. The molecule has 0 N–H and O–H groups in total. The summed E-state index contributed by atoms with van der Waals surface area (Å²) in [6.45, 7) is -0.464. The minimum atomic E-state index is -0.816. The molecule has 0 heterocycles. The van der Waals surface area contributed by atoms with Crippen LogP contribution in [0.1, 0.15) is 0 Å². The van der Waals surface area contributed by atoms with E-state index in [9.17, 15) is 14.4 Å². The zero-order chi connectivity index (χ0) is 12.6. The molecule has 90 valence electrons. The quantitative estimate of drug-likeness (QED) is 0.353. The Labute approximate surface area is 92.5 Å². The number of carbonyl (C=O) groups is 3. The monoisotopic (exact) mass is 231 g/mol. The molecule has 0 radical (unpaired) electrons. The average Bonchev–Trinajstić information content (AvgIpc) is 2.31. The van der Waals surface area contributed by atoms with Crippen molar-refractivity contribution < 1.29 is 28.7 Å². The highest BCUT2D eigenvalue weighted by molar-refractivity contribution is 5.92. The Morgan fingerprint density at radius 2 is 1.69 bits per heavy atom. The van der Waals surface area contributed by atoms with Gasteiger partial charge in [0.2, 0.25) is 0 Å². The van der Waals surface area contributed by atoms with E-state index in [0.717, 1.165) is 17.2 Å². The maximum absolute atomic E-state index is 11.1. The van der Waals surface area contributed by atoms with Gasteiger partial charge in [-0.25, -0.2) is 14.7 Å². The van der Waals surface area contributed by atoms with E-state index in [1.807, 2.05) is 0 Å². The van der Waals surface area contributed by atoms with E-state index in [1.165, 1.54) is 21.3 Å². The van der Waals surface area contributed by atoms with Crippen LogP contribution in [0.2, 0.25) is 0 Å². The summed E-state index contributed by atoms with van der Waals surface area (Å²) in [6, 6.07) is 0. The van der Waals surface area contributed by atoms with Gasteiger partial charge in [-0.2, -0.15) is 0 Å². The Balaban J connectivity index is 3.95. The van der Waals surface area contributed by atoms with Gasteiger partial charge < -0.3 is 9.47 Å². The van der Waals surface area contributed by atoms with E-state index >= 15 is 0 Å². The first kappa shape index (κ1) is 14.1. The number of esters is 2. The van der Waals surface area contributed by atoms with Gasteiger partial charge in [-0.05, 0) is 0 Å². The Kier molecular flexibility index (Phi) is 6.53. The average molecular weight is 231 g/mol. The standard InChI is InChI=1S/C9H13NO6/c1-10(15-3)7(11)6-16-9(13)5-4-8(12)14-2/h4-5H,6H2,1-3H3/b5-4+. The number of methoxy groups -OCH3 is 1. The molecule has 0 rings (SSSR count). The first-order valence-electron chi connectivity index (χ1n) is 4.24. The summed E-state index contributed by atoms with van der Waals surface area (Å²) in [7, 11) is 3.85. The van der Waals surface area contributed by atoms with Crippen molar-refractivity contribution in [2.24, 2.45) is 0 Å². The fourth-order valence-electron chi connectivity index (χ4n) is 0.578. The van der Waals surface area contributed by atoms with Crippen LogP contribution in [0.25, 0.3) is 0 Å². The van der Waals surface area contributed by atoms with Crippen LogP contribution in [0, 0.1) is 0 Å². The number of rotatable bonds is 5. The summed E-state index contributed by atoms with van der Waals surface area (Å²) in [6.07, 6.45) is 1.76. The number of carbonyl (C=O) groups excluding carboxylic acids is 3. The van der Waals surface area contributed by atoms with Crippen molar-refractivity contribution in [3.63, 3.8) is 0 Å². The fraction of sp³-hybridized carbons (Fsp3) is 0.444. The number of amides is 1. The first-order valence-corrected chi connectivity index (χ1v) is 4.24. The van der Waals surface area contributed by atoms with Gasteiger partial charge in [0.05, 0.1) is 14.2 Å². The third-order valence-electron chi connectivity index (χ3n) is 1.52. The van der Waals surface area contributed by atoms with Gasteiger partial charge in [-0.1, -0.05) is 0 Å². The van der Waals surface area contributed by atoms with Crippen LogP contribution in [0.5, 0.6) is 0 Å². The van der Waals surface area contributed by atoms with Gasteiger partial charge in [0.25, 0.3) is 5.91 Å². The Bertz CT molecular complexity index is 298. The van der Waals surface area contributed by atoms with Crippen LogP contribution in [0.3, 0.4) is 0 Å². The molecule has 0 spiro atoms. The van der Waals surface area contributed by atoms with Crippen LogP contribution < -0.4 is 0 Å². The summed E-state index contributed by atoms with van der Waals surface area (Å²) in [5.74, 6) is -2.03. The molecule has 0 saturated heterocycles. The van der Waals surface area contributed by atoms with Crippen molar-refractivity contribution >= 4 is 17.8 Å². The van der Waals surface area contributed by atoms with Gasteiger partial charge in [0, 0.05) is 19.2 Å². The van der Waals surface area contributed by atoms with Gasteiger partial charge >= 0.3 is 11.9 Å². The molecule has 7 heteroatoms. The van der Waals surface area contributed by atoms with Crippen molar-refractivity contribution in [2.75, 3.05) is 27.9 Å². The molecule has 0 unspecified atom stereocenters.